The van der Waals surface area contributed by atoms with Crippen LogP contribution in [0, 0.1) is 6.92 Å². The second-order valence-corrected chi connectivity index (χ2v) is 5.49. The van der Waals surface area contributed by atoms with Crippen LogP contribution < -0.4 is 15.4 Å². The minimum absolute atomic E-state index is 0.300. The highest BCUT2D eigenvalue weighted by molar-refractivity contribution is 5.53. The van der Waals surface area contributed by atoms with Gasteiger partial charge in [-0.1, -0.05) is 0 Å². The molecule has 2 rings (SSSR count). The Balaban J connectivity index is 1.94. The third-order valence-electron chi connectivity index (χ3n) is 3.73. The van der Waals surface area contributed by atoms with Crippen molar-refractivity contribution in [3.8, 4) is 5.75 Å². The molecular weight excluding hydrogens is 252 g/mol. The minimum atomic E-state index is 0.300. The summed E-state index contributed by atoms with van der Waals surface area (Å²) in [5.41, 5.74) is 8.48. The van der Waals surface area contributed by atoms with Gasteiger partial charge in [0.05, 0.1) is 6.61 Å². The largest absolute Gasteiger partial charge is 0.493 e. The number of methoxy groups -OCH3 is 1. The van der Waals surface area contributed by atoms with Gasteiger partial charge in [-0.25, -0.2) is 0 Å². The number of piperidine rings is 1. The number of hydrogen-bond acceptors (Lipinski definition) is 4. The number of hydrogen-bond donors (Lipinski definition) is 1. The van der Waals surface area contributed by atoms with E-state index in [0.29, 0.717) is 12.6 Å². The van der Waals surface area contributed by atoms with Crippen molar-refractivity contribution in [2.75, 3.05) is 38.3 Å². The topological polar surface area (TPSA) is 47.7 Å². The predicted octanol–water partition coefficient (Wildman–Crippen LogP) is 2.34. The number of nitrogens with two attached hydrogens (primary N) is 1. The molecule has 0 radical (unpaired) electrons. The van der Waals surface area contributed by atoms with Crippen molar-refractivity contribution in [3.05, 3.63) is 23.8 Å². The van der Waals surface area contributed by atoms with Crippen molar-refractivity contribution in [1.29, 1.82) is 0 Å². The van der Waals surface area contributed by atoms with Gasteiger partial charge in [-0.05, 0) is 43.5 Å². The molecule has 0 amide bonds. The summed E-state index contributed by atoms with van der Waals surface area (Å²) in [6, 6.07) is 6.70. The molecule has 1 saturated heterocycles. The first kappa shape index (κ1) is 15.1. The van der Waals surface area contributed by atoms with Crippen LogP contribution in [0.5, 0.6) is 5.75 Å². The zero-order chi connectivity index (χ0) is 14.4. The molecule has 20 heavy (non-hydrogen) atoms. The van der Waals surface area contributed by atoms with Gasteiger partial charge in [0.25, 0.3) is 0 Å². The number of anilines is 1. The van der Waals surface area contributed by atoms with Crippen molar-refractivity contribution >= 4 is 5.69 Å². The van der Waals surface area contributed by atoms with Gasteiger partial charge in [0.2, 0.25) is 0 Å². The second kappa shape index (κ2) is 7.50. The molecule has 4 nitrogen and oxygen atoms in total. The van der Waals surface area contributed by atoms with E-state index in [4.69, 9.17) is 15.2 Å². The fourth-order valence-electron chi connectivity index (χ4n) is 2.62. The van der Waals surface area contributed by atoms with Gasteiger partial charge in [0.15, 0.2) is 0 Å². The summed E-state index contributed by atoms with van der Waals surface area (Å²) in [5, 5.41) is 0. The highest BCUT2D eigenvalue weighted by Gasteiger charge is 2.17. The van der Waals surface area contributed by atoms with Crippen LogP contribution in [0.2, 0.25) is 0 Å². The van der Waals surface area contributed by atoms with Gasteiger partial charge in [-0.3, -0.25) is 0 Å². The summed E-state index contributed by atoms with van der Waals surface area (Å²) in [6.07, 6.45) is 3.23. The van der Waals surface area contributed by atoms with Crippen LogP contribution in [0.1, 0.15) is 24.8 Å². The Labute approximate surface area is 121 Å². The minimum Gasteiger partial charge on any atom is -0.493 e. The molecule has 1 heterocycles. The summed E-state index contributed by atoms with van der Waals surface area (Å²) < 4.78 is 10.8. The number of benzene rings is 1. The van der Waals surface area contributed by atoms with E-state index in [1.54, 1.807) is 7.11 Å². The van der Waals surface area contributed by atoms with Gasteiger partial charge >= 0.3 is 0 Å². The molecule has 0 aliphatic carbocycles. The molecule has 0 bridgehead atoms. The van der Waals surface area contributed by atoms with Gasteiger partial charge in [-0.15, -0.1) is 0 Å². The Morgan fingerprint density at radius 1 is 1.35 bits per heavy atom. The lowest BCUT2D eigenvalue weighted by molar-refractivity contribution is 0.172. The fraction of sp³-hybridized carbons (Fsp3) is 0.625. The molecule has 1 aromatic rings. The predicted molar refractivity (Wildman–Crippen MR) is 82.6 cm³/mol. The first-order valence-electron chi connectivity index (χ1n) is 7.43. The first-order valence-corrected chi connectivity index (χ1v) is 7.43. The molecule has 0 spiro atoms. The zero-order valence-corrected chi connectivity index (χ0v) is 12.6. The van der Waals surface area contributed by atoms with Crippen LogP contribution in [-0.2, 0) is 4.74 Å². The summed E-state index contributed by atoms with van der Waals surface area (Å²) in [6.45, 7) is 5.58. The smallest absolute Gasteiger partial charge is 0.122 e. The molecule has 1 aliphatic rings. The summed E-state index contributed by atoms with van der Waals surface area (Å²) in [5.74, 6) is 0.964. The Kier molecular flexibility index (Phi) is 5.68. The highest BCUT2D eigenvalue weighted by Crippen LogP contribution is 2.26. The van der Waals surface area contributed by atoms with Crippen LogP contribution in [0.3, 0.4) is 0 Å². The molecule has 1 aliphatic heterocycles. The molecular formula is C16H26N2O2. The first-order chi connectivity index (χ1) is 9.70. The van der Waals surface area contributed by atoms with E-state index in [2.05, 4.69) is 30.0 Å². The van der Waals surface area contributed by atoms with E-state index in [1.165, 1.54) is 17.7 Å². The Bertz CT molecular complexity index is 423. The average Bonchev–Trinajstić information content (AvgIpc) is 2.45. The van der Waals surface area contributed by atoms with E-state index in [0.717, 1.165) is 38.3 Å². The van der Waals surface area contributed by atoms with Crippen LogP contribution in [0.4, 0.5) is 5.69 Å². The second-order valence-electron chi connectivity index (χ2n) is 5.49. The van der Waals surface area contributed by atoms with Crippen molar-refractivity contribution in [2.45, 2.75) is 32.2 Å². The summed E-state index contributed by atoms with van der Waals surface area (Å²) >= 11 is 0. The molecule has 2 N–H and O–H groups in total. The highest BCUT2D eigenvalue weighted by atomic mass is 16.5. The molecule has 4 heteroatoms. The lowest BCUT2D eigenvalue weighted by Gasteiger charge is -2.33. The fourth-order valence-corrected chi connectivity index (χ4v) is 2.62. The summed E-state index contributed by atoms with van der Waals surface area (Å²) in [7, 11) is 1.71. The van der Waals surface area contributed by atoms with Gasteiger partial charge < -0.3 is 20.1 Å². The van der Waals surface area contributed by atoms with E-state index < -0.39 is 0 Å². The van der Waals surface area contributed by atoms with Crippen LogP contribution in [-0.4, -0.2) is 39.5 Å². The molecule has 1 unspecified atom stereocenters. The van der Waals surface area contributed by atoms with Crippen molar-refractivity contribution in [2.24, 2.45) is 5.73 Å². The maximum atomic E-state index is 6.05. The van der Waals surface area contributed by atoms with E-state index >= 15 is 0 Å². The quantitative estimate of drug-likeness (QED) is 0.811. The lowest BCUT2D eigenvalue weighted by Crippen LogP contribution is -2.42. The van der Waals surface area contributed by atoms with Crippen molar-refractivity contribution in [3.63, 3.8) is 0 Å². The zero-order valence-electron chi connectivity index (χ0n) is 12.6. The van der Waals surface area contributed by atoms with Gasteiger partial charge in [-0.2, -0.15) is 0 Å². The van der Waals surface area contributed by atoms with Crippen molar-refractivity contribution in [1.82, 2.24) is 0 Å². The Hall–Kier alpha value is -1.26. The molecule has 1 atom stereocenters. The average molecular weight is 278 g/mol. The molecule has 112 valence electrons. The molecule has 0 aromatic heterocycles. The standard InChI is InChI=1S/C16H26N2O2/c1-13-11-15(18-8-3-5-14(17)12-18)6-7-16(13)20-10-4-9-19-2/h6-7,11,14H,3-5,8-10,12,17H2,1-2H3. The number of aryl methyl sites for hydroxylation is 1. The lowest BCUT2D eigenvalue weighted by atomic mass is 10.1. The monoisotopic (exact) mass is 278 g/mol. The van der Waals surface area contributed by atoms with Crippen LogP contribution >= 0.6 is 0 Å². The SMILES string of the molecule is COCCCOc1ccc(N2CCCC(N)C2)cc1C. The third-order valence-corrected chi connectivity index (χ3v) is 3.73. The Morgan fingerprint density at radius 2 is 2.20 bits per heavy atom. The van der Waals surface area contributed by atoms with Crippen LogP contribution in [0.25, 0.3) is 0 Å². The number of nitrogens with zero attached hydrogens (tertiary/aromatic N) is 1. The molecule has 0 saturated carbocycles. The van der Waals surface area contributed by atoms with E-state index in [9.17, 15) is 0 Å². The molecule has 1 fully saturated rings. The Morgan fingerprint density at radius 3 is 2.90 bits per heavy atom. The number of rotatable bonds is 6. The maximum Gasteiger partial charge on any atom is 0.122 e. The van der Waals surface area contributed by atoms with Crippen molar-refractivity contribution < 1.29 is 9.47 Å². The third kappa shape index (κ3) is 4.12. The van der Waals surface area contributed by atoms with Gasteiger partial charge in [0, 0.05) is 45.0 Å². The number of ether oxygens (including phenoxy) is 2. The summed E-state index contributed by atoms with van der Waals surface area (Å²) in [4.78, 5) is 2.37. The van der Waals surface area contributed by atoms with E-state index in [1.807, 2.05) is 0 Å². The normalized spacial score (nSPS) is 19.1. The molecule has 1 aromatic carbocycles. The maximum absolute atomic E-state index is 6.05. The van der Waals surface area contributed by atoms with Gasteiger partial charge in [0.1, 0.15) is 5.75 Å². The van der Waals surface area contributed by atoms with E-state index in [-0.39, 0.29) is 0 Å². The van der Waals surface area contributed by atoms with Crippen LogP contribution in [0.15, 0.2) is 18.2 Å².